The molecule has 0 saturated carbocycles. The molecule has 1 saturated heterocycles. The third kappa shape index (κ3) is 2.31. The van der Waals surface area contributed by atoms with Crippen molar-refractivity contribution in [1.82, 2.24) is 9.88 Å². The highest BCUT2D eigenvalue weighted by Gasteiger charge is 2.44. The molecule has 1 aliphatic rings. The van der Waals surface area contributed by atoms with Crippen LogP contribution in [0.1, 0.15) is 26.0 Å². The standard InChI is InChI=1S/C12H13ClN2O2/c1-12(2)6-10(16)15(11(12)17)7-8-4-3-5-9(13)14-8/h3-5H,6-7H2,1-2H3. The SMILES string of the molecule is CC1(C)CC(=O)N(Cc2cccc(Cl)n2)C1=O. The zero-order valence-corrected chi connectivity index (χ0v) is 10.5. The second-order valence-corrected chi connectivity index (χ2v) is 5.18. The van der Waals surface area contributed by atoms with Crippen LogP contribution in [-0.4, -0.2) is 21.7 Å². The average molecular weight is 253 g/mol. The van der Waals surface area contributed by atoms with Crippen LogP contribution in [0.3, 0.4) is 0 Å². The van der Waals surface area contributed by atoms with Gasteiger partial charge in [-0.1, -0.05) is 31.5 Å². The fourth-order valence-corrected chi connectivity index (χ4v) is 2.07. The molecule has 2 amide bonds. The number of nitrogens with zero attached hydrogens (tertiary/aromatic N) is 2. The molecular formula is C12H13ClN2O2. The maximum absolute atomic E-state index is 12.0. The molecule has 0 atom stereocenters. The number of carbonyl (C=O) groups excluding carboxylic acids is 2. The van der Waals surface area contributed by atoms with E-state index in [0.717, 1.165) is 0 Å². The Hall–Kier alpha value is -1.42. The van der Waals surface area contributed by atoms with E-state index in [1.165, 1.54) is 4.90 Å². The molecule has 5 heteroatoms. The molecule has 1 fully saturated rings. The molecule has 2 heterocycles. The normalized spacial score (nSPS) is 18.9. The summed E-state index contributed by atoms with van der Waals surface area (Å²) in [5.41, 5.74) is 0.0206. The zero-order valence-electron chi connectivity index (χ0n) is 9.74. The third-order valence-electron chi connectivity index (χ3n) is 2.81. The predicted octanol–water partition coefficient (Wildman–Crippen LogP) is 2.02. The van der Waals surface area contributed by atoms with Crippen LogP contribution in [0.5, 0.6) is 0 Å². The summed E-state index contributed by atoms with van der Waals surface area (Å²) in [6.07, 6.45) is 0.256. The number of amides is 2. The van der Waals surface area contributed by atoms with E-state index >= 15 is 0 Å². The van der Waals surface area contributed by atoms with Gasteiger partial charge in [-0.25, -0.2) is 4.98 Å². The molecule has 17 heavy (non-hydrogen) atoms. The lowest BCUT2D eigenvalue weighted by molar-refractivity contribution is -0.141. The van der Waals surface area contributed by atoms with E-state index in [9.17, 15) is 9.59 Å². The Morgan fingerprint density at radius 2 is 2.12 bits per heavy atom. The number of hydrogen-bond donors (Lipinski definition) is 0. The summed E-state index contributed by atoms with van der Waals surface area (Å²) in [5, 5.41) is 0.362. The summed E-state index contributed by atoms with van der Waals surface area (Å²) in [5.74, 6) is -0.300. The van der Waals surface area contributed by atoms with Crippen molar-refractivity contribution in [1.29, 1.82) is 0 Å². The topological polar surface area (TPSA) is 50.3 Å². The molecular weight excluding hydrogens is 240 g/mol. The molecule has 90 valence electrons. The fraction of sp³-hybridized carbons (Fsp3) is 0.417. The van der Waals surface area contributed by atoms with Crippen LogP contribution in [0.15, 0.2) is 18.2 Å². The maximum atomic E-state index is 12.0. The third-order valence-corrected chi connectivity index (χ3v) is 3.02. The van der Waals surface area contributed by atoms with E-state index in [1.807, 2.05) is 0 Å². The molecule has 1 aromatic heterocycles. The monoisotopic (exact) mass is 252 g/mol. The van der Waals surface area contributed by atoms with Crippen molar-refractivity contribution in [3.05, 3.63) is 29.0 Å². The van der Waals surface area contributed by atoms with Gasteiger partial charge in [0.25, 0.3) is 0 Å². The van der Waals surface area contributed by atoms with Gasteiger partial charge < -0.3 is 0 Å². The molecule has 2 rings (SSSR count). The first kappa shape index (κ1) is 12.0. The summed E-state index contributed by atoms with van der Waals surface area (Å²) < 4.78 is 0. The molecule has 0 aliphatic carbocycles. The first-order chi connectivity index (χ1) is 7.90. The Labute approximate surface area is 105 Å². The van der Waals surface area contributed by atoms with Gasteiger partial charge in [0, 0.05) is 6.42 Å². The first-order valence-electron chi connectivity index (χ1n) is 5.36. The quantitative estimate of drug-likeness (QED) is 0.598. The van der Waals surface area contributed by atoms with Gasteiger partial charge in [-0.2, -0.15) is 0 Å². The van der Waals surface area contributed by atoms with E-state index in [-0.39, 0.29) is 24.8 Å². The van der Waals surface area contributed by atoms with Gasteiger partial charge in [0.2, 0.25) is 11.8 Å². The van der Waals surface area contributed by atoms with Crippen LogP contribution in [0.4, 0.5) is 0 Å². The average Bonchev–Trinajstić information content (AvgIpc) is 2.41. The van der Waals surface area contributed by atoms with Crippen LogP contribution in [-0.2, 0) is 16.1 Å². The number of aromatic nitrogens is 1. The van der Waals surface area contributed by atoms with E-state index in [2.05, 4.69) is 4.98 Å². The molecule has 1 aliphatic heterocycles. The lowest BCUT2D eigenvalue weighted by atomic mass is 9.92. The van der Waals surface area contributed by atoms with Crippen molar-refractivity contribution in [2.45, 2.75) is 26.8 Å². The predicted molar refractivity (Wildman–Crippen MR) is 63.2 cm³/mol. The Kier molecular flexibility index (Phi) is 2.91. The van der Waals surface area contributed by atoms with Gasteiger partial charge in [0.15, 0.2) is 0 Å². The zero-order chi connectivity index (χ0) is 12.6. The molecule has 1 aromatic rings. The molecule has 0 aromatic carbocycles. The minimum Gasteiger partial charge on any atom is -0.276 e. The molecule has 0 spiro atoms. The summed E-state index contributed by atoms with van der Waals surface area (Å²) in [4.78, 5) is 29.0. The van der Waals surface area contributed by atoms with Crippen molar-refractivity contribution in [2.75, 3.05) is 0 Å². The molecule has 0 radical (unpaired) electrons. The minimum atomic E-state index is -0.602. The summed E-state index contributed by atoms with van der Waals surface area (Å²) in [6, 6.07) is 5.15. The smallest absolute Gasteiger partial charge is 0.235 e. The van der Waals surface area contributed by atoms with Crippen molar-refractivity contribution >= 4 is 23.4 Å². The van der Waals surface area contributed by atoms with Crippen LogP contribution in [0.2, 0.25) is 5.15 Å². The minimum absolute atomic E-state index is 0.149. The van der Waals surface area contributed by atoms with Crippen LogP contribution >= 0.6 is 11.6 Å². The van der Waals surface area contributed by atoms with E-state index in [1.54, 1.807) is 32.0 Å². The van der Waals surface area contributed by atoms with Crippen LogP contribution in [0, 0.1) is 5.41 Å². The summed E-state index contributed by atoms with van der Waals surface area (Å²) in [7, 11) is 0. The Morgan fingerprint density at radius 3 is 2.65 bits per heavy atom. The van der Waals surface area contributed by atoms with Gasteiger partial charge >= 0.3 is 0 Å². The Morgan fingerprint density at radius 1 is 1.41 bits per heavy atom. The number of hydrogen-bond acceptors (Lipinski definition) is 3. The first-order valence-corrected chi connectivity index (χ1v) is 5.74. The number of imide groups is 1. The van der Waals surface area contributed by atoms with Crippen molar-refractivity contribution in [3.8, 4) is 0 Å². The number of rotatable bonds is 2. The van der Waals surface area contributed by atoms with Crippen LogP contribution < -0.4 is 0 Å². The van der Waals surface area contributed by atoms with Crippen molar-refractivity contribution in [2.24, 2.45) is 5.41 Å². The van der Waals surface area contributed by atoms with Gasteiger partial charge in [0.05, 0.1) is 17.7 Å². The van der Waals surface area contributed by atoms with Crippen molar-refractivity contribution in [3.63, 3.8) is 0 Å². The maximum Gasteiger partial charge on any atom is 0.235 e. The highest BCUT2D eigenvalue weighted by molar-refractivity contribution is 6.29. The summed E-state index contributed by atoms with van der Waals surface area (Å²) >= 11 is 5.76. The molecule has 0 unspecified atom stereocenters. The molecule has 4 nitrogen and oxygen atoms in total. The van der Waals surface area contributed by atoms with E-state index < -0.39 is 5.41 Å². The summed E-state index contributed by atoms with van der Waals surface area (Å²) in [6.45, 7) is 3.75. The highest BCUT2D eigenvalue weighted by atomic mass is 35.5. The van der Waals surface area contributed by atoms with E-state index in [4.69, 9.17) is 11.6 Å². The lowest BCUT2D eigenvalue weighted by Gasteiger charge is -2.17. The van der Waals surface area contributed by atoms with E-state index in [0.29, 0.717) is 10.8 Å². The lowest BCUT2D eigenvalue weighted by Crippen LogP contribution is -2.32. The highest BCUT2D eigenvalue weighted by Crippen LogP contribution is 2.32. The number of carbonyl (C=O) groups is 2. The second-order valence-electron chi connectivity index (χ2n) is 4.80. The number of halogens is 1. The Bertz CT molecular complexity index is 485. The van der Waals surface area contributed by atoms with Gasteiger partial charge in [-0.15, -0.1) is 0 Å². The van der Waals surface area contributed by atoms with Gasteiger partial charge in [-0.3, -0.25) is 14.5 Å². The fourth-order valence-electron chi connectivity index (χ4n) is 1.89. The largest absolute Gasteiger partial charge is 0.276 e. The molecule has 0 bridgehead atoms. The van der Waals surface area contributed by atoms with Crippen molar-refractivity contribution < 1.29 is 9.59 Å². The number of pyridine rings is 1. The van der Waals surface area contributed by atoms with Gasteiger partial charge in [-0.05, 0) is 12.1 Å². The van der Waals surface area contributed by atoms with Gasteiger partial charge in [0.1, 0.15) is 5.15 Å². The number of likely N-dealkylation sites (tertiary alicyclic amines) is 1. The Balaban J connectivity index is 2.20. The molecule has 0 N–H and O–H groups in total. The van der Waals surface area contributed by atoms with Crippen LogP contribution in [0.25, 0.3) is 0 Å². The second kappa shape index (κ2) is 4.11.